The first-order valence-corrected chi connectivity index (χ1v) is 5.94. The van der Waals surface area contributed by atoms with Crippen molar-refractivity contribution >= 4 is 11.3 Å². The first-order valence-electron chi connectivity index (χ1n) is 4.99. The lowest BCUT2D eigenvalue weighted by molar-refractivity contribution is 0.552. The van der Waals surface area contributed by atoms with Gasteiger partial charge in [-0.25, -0.2) is 0 Å². The molecular formula is C11H15N3S. The molecule has 0 saturated heterocycles. The highest BCUT2D eigenvalue weighted by molar-refractivity contribution is 7.07. The smallest absolute Gasteiger partial charge is 0.0791 e. The van der Waals surface area contributed by atoms with Gasteiger partial charge in [0, 0.05) is 25.8 Å². The van der Waals surface area contributed by atoms with E-state index >= 15 is 0 Å². The third-order valence-corrected chi connectivity index (χ3v) is 3.10. The van der Waals surface area contributed by atoms with E-state index < -0.39 is 0 Å². The van der Waals surface area contributed by atoms with Crippen LogP contribution in [-0.4, -0.2) is 9.78 Å². The van der Waals surface area contributed by atoms with Crippen molar-refractivity contribution < 1.29 is 0 Å². The molecule has 0 aliphatic heterocycles. The lowest BCUT2D eigenvalue weighted by Gasteiger charge is -2.10. The molecule has 1 unspecified atom stereocenters. The molecule has 0 radical (unpaired) electrons. The van der Waals surface area contributed by atoms with Crippen molar-refractivity contribution in [2.75, 3.05) is 0 Å². The third kappa shape index (κ3) is 2.67. The maximum absolute atomic E-state index is 4.37. The van der Waals surface area contributed by atoms with Crippen molar-refractivity contribution in [2.24, 2.45) is 7.05 Å². The average Bonchev–Trinajstić information content (AvgIpc) is 2.84. The van der Waals surface area contributed by atoms with E-state index in [-0.39, 0.29) is 0 Å². The highest BCUT2D eigenvalue weighted by atomic mass is 32.1. The second-order valence-corrected chi connectivity index (χ2v) is 4.43. The van der Waals surface area contributed by atoms with Crippen LogP contribution in [0.5, 0.6) is 0 Å². The number of nitrogens with zero attached hydrogens (tertiary/aromatic N) is 2. The number of thiophene rings is 1. The maximum Gasteiger partial charge on any atom is 0.0791 e. The first kappa shape index (κ1) is 10.4. The summed E-state index contributed by atoms with van der Waals surface area (Å²) in [6.45, 7) is 3.04. The van der Waals surface area contributed by atoms with E-state index in [4.69, 9.17) is 0 Å². The summed E-state index contributed by atoms with van der Waals surface area (Å²) in [6.07, 6.45) is 1.97. The van der Waals surface area contributed by atoms with Gasteiger partial charge in [0.15, 0.2) is 0 Å². The van der Waals surface area contributed by atoms with Gasteiger partial charge in [-0.2, -0.15) is 16.4 Å². The molecule has 1 N–H and O–H groups in total. The molecule has 0 bridgehead atoms. The van der Waals surface area contributed by atoms with E-state index in [0.717, 1.165) is 12.2 Å². The van der Waals surface area contributed by atoms with E-state index in [1.54, 1.807) is 11.3 Å². The SMILES string of the molecule is CC(NCc1ccsc1)c1ccn(C)n1. The Kier molecular flexibility index (Phi) is 3.18. The lowest BCUT2D eigenvalue weighted by Crippen LogP contribution is -2.18. The third-order valence-electron chi connectivity index (χ3n) is 2.37. The van der Waals surface area contributed by atoms with Crippen LogP contribution in [0.2, 0.25) is 0 Å². The number of rotatable bonds is 4. The normalized spacial score (nSPS) is 12.9. The summed E-state index contributed by atoms with van der Waals surface area (Å²) in [6, 6.07) is 4.49. The molecule has 2 heterocycles. The molecule has 0 aliphatic carbocycles. The number of aryl methyl sites for hydroxylation is 1. The molecule has 15 heavy (non-hydrogen) atoms. The van der Waals surface area contributed by atoms with Gasteiger partial charge in [-0.15, -0.1) is 0 Å². The fourth-order valence-electron chi connectivity index (χ4n) is 1.43. The minimum absolute atomic E-state index is 0.297. The highest BCUT2D eigenvalue weighted by Crippen LogP contribution is 2.11. The first-order chi connectivity index (χ1) is 7.25. The van der Waals surface area contributed by atoms with Gasteiger partial charge in [0.25, 0.3) is 0 Å². The Labute approximate surface area is 93.7 Å². The van der Waals surface area contributed by atoms with Crippen LogP contribution in [-0.2, 0) is 13.6 Å². The van der Waals surface area contributed by atoms with Crippen molar-refractivity contribution in [1.29, 1.82) is 0 Å². The lowest BCUT2D eigenvalue weighted by atomic mass is 10.2. The standard InChI is InChI=1S/C11H15N3S/c1-9(11-3-5-14(2)13-11)12-7-10-4-6-15-8-10/h3-6,8-9,12H,7H2,1-2H3. The van der Waals surface area contributed by atoms with E-state index in [1.165, 1.54) is 5.56 Å². The van der Waals surface area contributed by atoms with E-state index in [0.29, 0.717) is 6.04 Å². The minimum atomic E-state index is 0.297. The Morgan fingerprint density at radius 1 is 1.53 bits per heavy atom. The molecule has 3 nitrogen and oxygen atoms in total. The number of nitrogens with one attached hydrogen (secondary N) is 1. The van der Waals surface area contributed by atoms with Crippen molar-refractivity contribution in [3.63, 3.8) is 0 Å². The van der Waals surface area contributed by atoms with Crippen molar-refractivity contribution in [2.45, 2.75) is 19.5 Å². The fourth-order valence-corrected chi connectivity index (χ4v) is 2.10. The number of hydrogen-bond donors (Lipinski definition) is 1. The quantitative estimate of drug-likeness (QED) is 0.858. The molecule has 1 atom stereocenters. The summed E-state index contributed by atoms with van der Waals surface area (Å²) >= 11 is 1.73. The summed E-state index contributed by atoms with van der Waals surface area (Å²) in [4.78, 5) is 0. The van der Waals surface area contributed by atoms with Crippen LogP contribution >= 0.6 is 11.3 Å². The van der Waals surface area contributed by atoms with Gasteiger partial charge in [0.05, 0.1) is 5.69 Å². The summed E-state index contributed by atoms with van der Waals surface area (Å²) in [5.41, 5.74) is 2.43. The number of hydrogen-bond acceptors (Lipinski definition) is 3. The van der Waals surface area contributed by atoms with Crippen LogP contribution in [0.25, 0.3) is 0 Å². The van der Waals surface area contributed by atoms with Crippen LogP contribution < -0.4 is 5.32 Å². The van der Waals surface area contributed by atoms with Crippen molar-refractivity contribution in [1.82, 2.24) is 15.1 Å². The van der Waals surface area contributed by atoms with Gasteiger partial charge < -0.3 is 5.32 Å². The van der Waals surface area contributed by atoms with Gasteiger partial charge >= 0.3 is 0 Å². The molecule has 0 aliphatic rings. The van der Waals surface area contributed by atoms with Crippen LogP contribution in [0.4, 0.5) is 0 Å². The Bertz CT molecular complexity index is 405. The zero-order chi connectivity index (χ0) is 10.7. The largest absolute Gasteiger partial charge is 0.305 e. The van der Waals surface area contributed by atoms with E-state index in [2.05, 4.69) is 34.2 Å². The second kappa shape index (κ2) is 4.59. The predicted molar refractivity (Wildman–Crippen MR) is 62.8 cm³/mol. The maximum atomic E-state index is 4.37. The predicted octanol–water partition coefficient (Wildman–Crippen LogP) is 2.33. The highest BCUT2D eigenvalue weighted by Gasteiger charge is 2.07. The van der Waals surface area contributed by atoms with Crippen LogP contribution in [0.3, 0.4) is 0 Å². The molecule has 2 aromatic heterocycles. The Hall–Kier alpha value is -1.13. The van der Waals surface area contributed by atoms with E-state index in [9.17, 15) is 0 Å². The molecular weight excluding hydrogens is 206 g/mol. The Morgan fingerprint density at radius 2 is 2.40 bits per heavy atom. The summed E-state index contributed by atoms with van der Waals surface area (Å²) in [7, 11) is 1.94. The molecule has 0 amide bonds. The fraction of sp³-hybridized carbons (Fsp3) is 0.364. The number of aromatic nitrogens is 2. The molecule has 4 heteroatoms. The van der Waals surface area contributed by atoms with Gasteiger partial charge in [-0.1, -0.05) is 0 Å². The molecule has 0 fully saturated rings. The summed E-state index contributed by atoms with van der Waals surface area (Å²) < 4.78 is 1.83. The summed E-state index contributed by atoms with van der Waals surface area (Å²) in [5.74, 6) is 0. The van der Waals surface area contributed by atoms with Crippen LogP contribution in [0, 0.1) is 0 Å². The van der Waals surface area contributed by atoms with Crippen molar-refractivity contribution in [3.05, 3.63) is 40.3 Å². The van der Waals surface area contributed by atoms with Gasteiger partial charge in [0.2, 0.25) is 0 Å². The van der Waals surface area contributed by atoms with Crippen molar-refractivity contribution in [3.8, 4) is 0 Å². The van der Waals surface area contributed by atoms with E-state index in [1.807, 2.05) is 24.0 Å². The average molecular weight is 221 g/mol. The van der Waals surface area contributed by atoms with Crippen LogP contribution in [0.15, 0.2) is 29.1 Å². The molecule has 2 rings (SSSR count). The molecule has 80 valence electrons. The minimum Gasteiger partial charge on any atom is -0.305 e. The Morgan fingerprint density at radius 3 is 3.00 bits per heavy atom. The second-order valence-electron chi connectivity index (χ2n) is 3.65. The van der Waals surface area contributed by atoms with Gasteiger partial charge in [-0.05, 0) is 35.4 Å². The van der Waals surface area contributed by atoms with Crippen LogP contribution in [0.1, 0.15) is 24.2 Å². The van der Waals surface area contributed by atoms with Gasteiger partial charge in [-0.3, -0.25) is 4.68 Å². The molecule has 2 aromatic rings. The molecule has 0 saturated carbocycles. The zero-order valence-corrected chi connectivity index (χ0v) is 9.79. The topological polar surface area (TPSA) is 29.9 Å². The molecule has 0 spiro atoms. The monoisotopic (exact) mass is 221 g/mol. The zero-order valence-electron chi connectivity index (χ0n) is 8.97. The van der Waals surface area contributed by atoms with Gasteiger partial charge in [0.1, 0.15) is 0 Å². The molecule has 0 aromatic carbocycles. The Balaban J connectivity index is 1.90. The summed E-state index contributed by atoms with van der Waals surface area (Å²) in [5, 5.41) is 12.1.